The van der Waals surface area contributed by atoms with Gasteiger partial charge < -0.3 is 24.8 Å². The molecule has 1 aliphatic heterocycles. The van der Waals surface area contributed by atoms with Crippen molar-refractivity contribution in [2.45, 2.75) is 26.8 Å². The van der Waals surface area contributed by atoms with E-state index in [0.29, 0.717) is 40.0 Å². The van der Waals surface area contributed by atoms with Crippen LogP contribution >= 0.6 is 0 Å². The molecule has 3 aromatic rings. The molecule has 0 aliphatic carbocycles. The van der Waals surface area contributed by atoms with E-state index in [4.69, 9.17) is 14.2 Å². The van der Waals surface area contributed by atoms with Crippen molar-refractivity contribution in [3.63, 3.8) is 0 Å². The molecule has 0 saturated heterocycles. The number of amides is 1. The molecule has 172 valence electrons. The second kappa shape index (κ2) is 8.81. The van der Waals surface area contributed by atoms with E-state index < -0.39 is 6.04 Å². The molecule has 0 radical (unpaired) electrons. The average molecular weight is 450 g/mol. The number of hydrogen-bond donors (Lipinski definition) is 2. The fraction of sp³-hybridized carbons (Fsp3) is 0.304. The number of tetrazole rings is 1. The molecule has 0 saturated carbocycles. The average Bonchev–Trinajstić information content (AvgIpc) is 3.27. The van der Waals surface area contributed by atoms with Gasteiger partial charge in [0.2, 0.25) is 5.95 Å². The van der Waals surface area contributed by atoms with Crippen LogP contribution < -0.4 is 24.8 Å². The topological polar surface area (TPSA) is 112 Å². The molecule has 1 aliphatic rings. The lowest BCUT2D eigenvalue weighted by Crippen LogP contribution is -2.32. The Balaban J connectivity index is 1.85. The molecule has 0 spiro atoms. The zero-order valence-corrected chi connectivity index (χ0v) is 19.4. The monoisotopic (exact) mass is 450 g/mol. The van der Waals surface area contributed by atoms with E-state index >= 15 is 0 Å². The third-order valence-corrected chi connectivity index (χ3v) is 5.62. The molecule has 2 aromatic carbocycles. The molecule has 33 heavy (non-hydrogen) atoms. The number of nitrogens with one attached hydrogen (secondary N) is 2. The van der Waals surface area contributed by atoms with Crippen LogP contribution in [0.25, 0.3) is 0 Å². The molecule has 1 aromatic heterocycles. The van der Waals surface area contributed by atoms with Crippen molar-refractivity contribution in [3.05, 3.63) is 58.3 Å². The molecule has 1 amide bonds. The minimum atomic E-state index is -0.670. The van der Waals surface area contributed by atoms with E-state index in [1.165, 1.54) is 0 Å². The van der Waals surface area contributed by atoms with Gasteiger partial charge in [0.1, 0.15) is 11.8 Å². The predicted octanol–water partition coefficient (Wildman–Crippen LogP) is 3.24. The summed E-state index contributed by atoms with van der Waals surface area (Å²) in [5.74, 6) is 1.64. The van der Waals surface area contributed by atoms with Crippen molar-refractivity contribution in [1.82, 2.24) is 20.2 Å². The fourth-order valence-electron chi connectivity index (χ4n) is 4.00. The molecule has 4 rings (SSSR count). The number of benzene rings is 2. The maximum atomic E-state index is 13.6. The van der Waals surface area contributed by atoms with Crippen LogP contribution in [-0.4, -0.2) is 47.4 Å². The Labute approximate surface area is 191 Å². The molecule has 10 heteroatoms. The zero-order valence-electron chi connectivity index (χ0n) is 19.4. The lowest BCUT2D eigenvalue weighted by Gasteiger charge is -2.29. The maximum absolute atomic E-state index is 13.6. The van der Waals surface area contributed by atoms with Gasteiger partial charge in [-0.15, -0.1) is 0 Å². The predicted molar refractivity (Wildman–Crippen MR) is 123 cm³/mol. The highest BCUT2D eigenvalue weighted by Crippen LogP contribution is 2.43. The molecule has 2 heterocycles. The number of rotatable bonds is 6. The Morgan fingerprint density at radius 3 is 2.36 bits per heavy atom. The summed E-state index contributed by atoms with van der Waals surface area (Å²) < 4.78 is 18.1. The van der Waals surface area contributed by atoms with Gasteiger partial charge in [-0.25, -0.2) is 0 Å². The van der Waals surface area contributed by atoms with Gasteiger partial charge in [-0.2, -0.15) is 4.68 Å². The number of carbonyl (C=O) groups excluding carboxylic acids is 1. The van der Waals surface area contributed by atoms with Crippen LogP contribution in [0.1, 0.15) is 29.7 Å². The summed E-state index contributed by atoms with van der Waals surface area (Å²) in [7, 11) is 4.65. The van der Waals surface area contributed by atoms with Crippen molar-refractivity contribution in [2.75, 3.05) is 32.0 Å². The Hall–Kier alpha value is -4.08. The molecule has 0 fully saturated rings. The van der Waals surface area contributed by atoms with E-state index in [9.17, 15) is 4.79 Å². The van der Waals surface area contributed by atoms with Crippen molar-refractivity contribution in [1.29, 1.82) is 0 Å². The molecule has 1 atom stereocenters. The SMILES string of the molecule is COc1cc(OC)c(C2C(C(=O)Nc3ccc(C)cc3C)=C(C)Nc3nnnn32)cc1OC. The first-order valence-corrected chi connectivity index (χ1v) is 10.3. The summed E-state index contributed by atoms with van der Waals surface area (Å²) in [4.78, 5) is 13.6. The van der Waals surface area contributed by atoms with Gasteiger partial charge in [0.15, 0.2) is 11.5 Å². The molecule has 2 N–H and O–H groups in total. The number of carbonyl (C=O) groups is 1. The molecular weight excluding hydrogens is 424 g/mol. The van der Waals surface area contributed by atoms with Gasteiger partial charge in [0.25, 0.3) is 5.91 Å². The third kappa shape index (κ3) is 3.95. The second-order valence-corrected chi connectivity index (χ2v) is 7.73. The molecule has 1 unspecified atom stereocenters. The Morgan fingerprint density at radius 2 is 1.70 bits per heavy atom. The lowest BCUT2D eigenvalue weighted by molar-refractivity contribution is -0.113. The standard InChI is InChI=1S/C23H26N6O4/c1-12-7-8-16(13(2)9-12)25-22(30)20-14(3)24-23-26-27-28-29(23)21(20)15-10-18(32-5)19(33-6)11-17(15)31-4/h7-11,21H,1-6H3,(H,25,30)(H,24,26,28). The summed E-state index contributed by atoms with van der Waals surface area (Å²) in [5, 5.41) is 18.1. The smallest absolute Gasteiger partial charge is 0.255 e. The van der Waals surface area contributed by atoms with E-state index in [-0.39, 0.29) is 5.91 Å². The zero-order chi connectivity index (χ0) is 23.7. The largest absolute Gasteiger partial charge is 0.496 e. The summed E-state index contributed by atoms with van der Waals surface area (Å²) in [6.07, 6.45) is 0. The first-order valence-electron chi connectivity index (χ1n) is 10.3. The number of aryl methyl sites for hydroxylation is 2. The first kappa shape index (κ1) is 22.1. The van der Waals surface area contributed by atoms with Crippen molar-refractivity contribution < 1.29 is 19.0 Å². The van der Waals surface area contributed by atoms with Gasteiger partial charge in [0, 0.05) is 23.0 Å². The van der Waals surface area contributed by atoms with Crippen LogP contribution in [0.5, 0.6) is 17.2 Å². The highest BCUT2D eigenvalue weighted by Gasteiger charge is 2.36. The number of aromatic nitrogens is 4. The molecular formula is C23H26N6O4. The quantitative estimate of drug-likeness (QED) is 0.589. The van der Waals surface area contributed by atoms with Gasteiger partial charge >= 0.3 is 0 Å². The normalized spacial score (nSPS) is 14.9. The molecule has 10 nitrogen and oxygen atoms in total. The lowest BCUT2D eigenvalue weighted by atomic mass is 9.93. The summed E-state index contributed by atoms with van der Waals surface area (Å²) >= 11 is 0. The summed E-state index contributed by atoms with van der Waals surface area (Å²) in [6, 6.07) is 8.69. The number of fused-ring (bicyclic) bond motifs is 1. The van der Waals surface area contributed by atoms with Crippen LogP contribution in [0.2, 0.25) is 0 Å². The first-order chi connectivity index (χ1) is 15.9. The van der Waals surface area contributed by atoms with Gasteiger partial charge in [-0.05, 0) is 48.9 Å². The van der Waals surface area contributed by atoms with Crippen LogP contribution in [0.4, 0.5) is 11.6 Å². The van der Waals surface area contributed by atoms with E-state index in [2.05, 4.69) is 26.2 Å². The van der Waals surface area contributed by atoms with Crippen LogP contribution in [-0.2, 0) is 4.79 Å². The van der Waals surface area contributed by atoms with Gasteiger partial charge in [0.05, 0.1) is 26.9 Å². The Bertz CT molecular complexity index is 1250. The fourth-order valence-corrected chi connectivity index (χ4v) is 4.00. The van der Waals surface area contributed by atoms with Crippen molar-refractivity contribution >= 4 is 17.5 Å². The number of methoxy groups -OCH3 is 3. The van der Waals surface area contributed by atoms with Crippen LogP contribution in [0.15, 0.2) is 41.6 Å². The van der Waals surface area contributed by atoms with Crippen molar-refractivity contribution in [2.24, 2.45) is 0 Å². The number of allylic oxidation sites excluding steroid dienone is 1. The number of nitrogens with zero attached hydrogens (tertiary/aromatic N) is 4. The van der Waals surface area contributed by atoms with E-state index in [1.54, 1.807) is 38.1 Å². The highest BCUT2D eigenvalue weighted by molar-refractivity contribution is 6.06. The van der Waals surface area contributed by atoms with Gasteiger partial charge in [-0.3, -0.25) is 4.79 Å². The van der Waals surface area contributed by atoms with Crippen LogP contribution in [0, 0.1) is 13.8 Å². The molecule has 0 bridgehead atoms. The highest BCUT2D eigenvalue weighted by atomic mass is 16.5. The second-order valence-electron chi connectivity index (χ2n) is 7.73. The minimum absolute atomic E-state index is 0.282. The Morgan fingerprint density at radius 1 is 1.00 bits per heavy atom. The maximum Gasteiger partial charge on any atom is 0.255 e. The Kier molecular flexibility index (Phi) is 5.91. The number of anilines is 2. The van der Waals surface area contributed by atoms with E-state index in [0.717, 1.165) is 16.8 Å². The third-order valence-electron chi connectivity index (χ3n) is 5.62. The van der Waals surface area contributed by atoms with E-state index in [1.807, 2.05) is 39.0 Å². The van der Waals surface area contributed by atoms with Gasteiger partial charge in [-0.1, -0.05) is 22.8 Å². The van der Waals surface area contributed by atoms with Crippen molar-refractivity contribution in [3.8, 4) is 17.2 Å². The number of ether oxygens (including phenoxy) is 3. The minimum Gasteiger partial charge on any atom is -0.496 e. The number of hydrogen-bond acceptors (Lipinski definition) is 8. The van der Waals surface area contributed by atoms with Crippen LogP contribution in [0.3, 0.4) is 0 Å². The summed E-state index contributed by atoms with van der Waals surface area (Å²) in [6.45, 7) is 5.78. The summed E-state index contributed by atoms with van der Waals surface area (Å²) in [5.41, 5.74) is 4.53.